The molecule has 3 rings (SSSR count). The second-order valence-electron chi connectivity index (χ2n) is 5.52. The van der Waals surface area contributed by atoms with Crippen LogP contribution in [0.1, 0.15) is 12.5 Å². The molecule has 0 aliphatic carbocycles. The van der Waals surface area contributed by atoms with Gasteiger partial charge in [-0.15, -0.1) is 0 Å². The van der Waals surface area contributed by atoms with Gasteiger partial charge in [-0.25, -0.2) is 0 Å². The van der Waals surface area contributed by atoms with Gasteiger partial charge in [0.25, 0.3) is 0 Å². The number of fused-ring (bicyclic) bond motifs is 3. The maximum atomic E-state index is 5.28. The van der Waals surface area contributed by atoms with Crippen molar-refractivity contribution in [3.63, 3.8) is 0 Å². The summed E-state index contributed by atoms with van der Waals surface area (Å²) in [5.74, 6) is 0. The van der Waals surface area contributed by atoms with Gasteiger partial charge in [0.1, 0.15) is 0 Å². The Hall–Kier alpha value is -2.07. The Kier molecular flexibility index (Phi) is 4.03. The minimum Gasteiger partial charge on any atom is -0.366 e. The number of aryl methyl sites for hydroxylation is 1. The van der Waals surface area contributed by atoms with Crippen molar-refractivity contribution in [3.05, 3.63) is 48.0 Å². The highest BCUT2D eigenvalue weighted by atomic mass is 32.1. The maximum Gasteiger partial charge on any atom is 0.168 e. The van der Waals surface area contributed by atoms with Crippen LogP contribution in [-0.4, -0.2) is 28.7 Å². The molecule has 3 aromatic rings. The fraction of sp³-hybridized carbons (Fsp3) is 0.278. The van der Waals surface area contributed by atoms with E-state index in [4.69, 9.17) is 12.2 Å². The summed E-state index contributed by atoms with van der Waals surface area (Å²) in [5, 5.41) is 6.42. The van der Waals surface area contributed by atoms with E-state index in [-0.39, 0.29) is 0 Å². The minimum atomic E-state index is 0.760. The first-order valence-electron chi connectivity index (χ1n) is 7.58. The van der Waals surface area contributed by atoms with Crippen LogP contribution in [0.4, 0.5) is 0 Å². The molecule has 1 aromatic heterocycles. The van der Waals surface area contributed by atoms with Crippen LogP contribution in [0.15, 0.2) is 42.5 Å². The number of thiocarbonyl (C=S) groups is 1. The lowest BCUT2D eigenvalue weighted by atomic mass is 10.1. The van der Waals surface area contributed by atoms with Crippen molar-refractivity contribution in [2.75, 3.05) is 14.1 Å². The first-order chi connectivity index (χ1) is 10.7. The molecular weight excluding hydrogens is 290 g/mol. The molecule has 0 saturated carbocycles. The number of para-hydroxylation sites is 1. The second kappa shape index (κ2) is 5.97. The molecule has 0 atom stereocenters. The third kappa shape index (κ3) is 2.44. The molecule has 0 bridgehead atoms. The van der Waals surface area contributed by atoms with Crippen molar-refractivity contribution in [2.24, 2.45) is 0 Å². The Bertz CT molecular complexity index is 835. The van der Waals surface area contributed by atoms with Crippen LogP contribution in [0, 0.1) is 0 Å². The van der Waals surface area contributed by atoms with Crippen LogP contribution in [0.5, 0.6) is 0 Å². The van der Waals surface area contributed by atoms with Crippen molar-refractivity contribution >= 4 is 39.1 Å². The Labute approximate surface area is 136 Å². The van der Waals surface area contributed by atoms with Crippen molar-refractivity contribution in [1.29, 1.82) is 0 Å². The fourth-order valence-electron chi connectivity index (χ4n) is 3.08. The van der Waals surface area contributed by atoms with E-state index >= 15 is 0 Å². The van der Waals surface area contributed by atoms with E-state index < -0.39 is 0 Å². The van der Waals surface area contributed by atoms with E-state index in [1.165, 1.54) is 27.4 Å². The van der Waals surface area contributed by atoms with Crippen LogP contribution in [0.25, 0.3) is 21.8 Å². The number of aromatic nitrogens is 1. The molecule has 0 unspecified atom stereocenters. The monoisotopic (exact) mass is 311 g/mol. The SMILES string of the molecule is CCn1c2ccccc2c2cc(CN(C)C(=S)NC)ccc21. The molecule has 0 aliphatic heterocycles. The van der Waals surface area contributed by atoms with E-state index in [0.717, 1.165) is 18.2 Å². The molecule has 114 valence electrons. The maximum absolute atomic E-state index is 5.28. The lowest BCUT2D eigenvalue weighted by Gasteiger charge is -2.19. The number of nitrogens with one attached hydrogen (secondary N) is 1. The average Bonchev–Trinajstić information content (AvgIpc) is 2.87. The van der Waals surface area contributed by atoms with E-state index in [1.54, 1.807) is 0 Å². The highest BCUT2D eigenvalue weighted by Gasteiger charge is 2.10. The lowest BCUT2D eigenvalue weighted by molar-refractivity contribution is 0.495. The molecule has 0 aliphatic rings. The predicted octanol–water partition coefficient (Wildman–Crippen LogP) is 3.75. The zero-order chi connectivity index (χ0) is 15.7. The zero-order valence-corrected chi connectivity index (χ0v) is 14.1. The average molecular weight is 311 g/mol. The van der Waals surface area contributed by atoms with E-state index in [0.29, 0.717) is 0 Å². The normalized spacial score (nSPS) is 11.0. The quantitative estimate of drug-likeness (QED) is 0.744. The summed E-state index contributed by atoms with van der Waals surface area (Å²) < 4.78 is 2.37. The third-order valence-corrected chi connectivity index (χ3v) is 4.65. The van der Waals surface area contributed by atoms with Gasteiger partial charge in [0, 0.05) is 49.0 Å². The van der Waals surface area contributed by atoms with E-state index in [1.807, 2.05) is 14.1 Å². The van der Waals surface area contributed by atoms with Gasteiger partial charge in [-0.05, 0) is 42.9 Å². The minimum absolute atomic E-state index is 0.760. The largest absolute Gasteiger partial charge is 0.366 e. The number of hydrogen-bond donors (Lipinski definition) is 1. The molecule has 4 heteroatoms. The zero-order valence-electron chi connectivity index (χ0n) is 13.3. The molecule has 2 aromatic carbocycles. The summed E-state index contributed by atoms with van der Waals surface area (Å²) in [6.07, 6.45) is 0. The van der Waals surface area contributed by atoms with Crippen molar-refractivity contribution < 1.29 is 0 Å². The Morgan fingerprint density at radius 3 is 2.59 bits per heavy atom. The molecule has 0 spiro atoms. The Balaban J connectivity index is 2.10. The molecule has 0 saturated heterocycles. The predicted molar refractivity (Wildman–Crippen MR) is 98.2 cm³/mol. The highest BCUT2D eigenvalue weighted by Crippen LogP contribution is 2.29. The Morgan fingerprint density at radius 1 is 1.14 bits per heavy atom. The summed E-state index contributed by atoms with van der Waals surface area (Å²) >= 11 is 5.28. The molecule has 0 radical (unpaired) electrons. The molecule has 0 amide bonds. The van der Waals surface area contributed by atoms with Gasteiger partial charge in [0.2, 0.25) is 0 Å². The number of benzene rings is 2. The summed E-state index contributed by atoms with van der Waals surface area (Å²) in [6.45, 7) is 3.98. The van der Waals surface area contributed by atoms with Gasteiger partial charge >= 0.3 is 0 Å². The molecule has 0 fully saturated rings. The first-order valence-corrected chi connectivity index (χ1v) is 7.99. The standard InChI is InChI=1S/C18H21N3S/c1-4-21-16-8-6-5-7-14(16)15-11-13(9-10-17(15)21)12-20(3)18(22)19-2/h5-11H,4,12H2,1-3H3,(H,19,22). The second-order valence-corrected chi connectivity index (χ2v) is 5.91. The Morgan fingerprint density at radius 2 is 1.86 bits per heavy atom. The molecule has 1 N–H and O–H groups in total. The van der Waals surface area contributed by atoms with Gasteiger partial charge in [-0.2, -0.15) is 0 Å². The third-order valence-electron chi connectivity index (χ3n) is 4.13. The van der Waals surface area contributed by atoms with Crippen LogP contribution in [0.2, 0.25) is 0 Å². The van der Waals surface area contributed by atoms with Gasteiger partial charge in [-0.3, -0.25) is 0 Å². The smallest absolute Gasteiger partial charge is 0.168 e. The van der Waals surface area contributed by atoms with E-state index in [2.05, 4.69) is 64.2 Å². The van der Waals surface area contributed by atoms with Crippen molar-refractivity contribution in [3.8, 4) is 0 Å². The van der Waals surface area contributed by atoms with Gasteiger partial charge in [0.05, 0.1) is 0 Å². The van der Waals surface area contributed by atoms with Crippen LogP contribution in [0.3, 0.4) is 0 Å². The van der Waals surface area contributed by atoms with Crippen molar-refractivity contribution in [2.45, 2.75) is 20.0 Å². The van der Waals surface area contributed by atoms with Gasteiger partial charge in [-0.1, -0.05) is 24.3 Å². The summed E-state index contributed by atoms with van der Waals surface area (Å²) in [5.41, 5.74) is 3.87. The lowest BCUT2D eigenvalue weighted by Crippen LogP contribution is -2.33. The molecule has 1 heterocycles. The fourth-order valence-corrected chi connectivity index (χ4v) is 3.14. The van der Waals surface area contributed by atoms with Gasteiger partial charge in [0.15, 0.2) is 5.11 Å². The molecule has 3 nitrogen and oxygen atoms in total. The molecule has 22 heavy (non-hydrogen) atoms. The highest BCUT2D eigenvalue weighted by molar-refractivity contribution is 7.80. The van der Waals surface area contributed by atoms with Crippen LogP contribution in [-0.2, 0) is 13.1 Å². The van der Waals surface area contributed by atoms with Crippen molar-refractivity contribution in [1.82, 2.24) is 14.8 Å². The molecular formula is C18H21N3S. The topological polar surface area (TPSA) is 20.2 Å². The van der Waals surface area contributed by atoms with Crippen LogP contribution < -0.4 is 5.32 Å². The summed E-state index contributed by atoms with van der Waals surface area (Å²) in [7, 11) is 3.87. The first kappa shape index (κ1) is 14.9. The van der Waals surface area contributed by atoms with E-state index in [9.17, 15) is 0 Å². The number of hydrogen-bond acceptors (Lipinski definition) is 1. The van der Waals surface area contributed by atoms with Gasteiger partial charge < -0.3 is 14.8 Å². The summed E-state index contributed by atoms with van der Waals surface area (Å²) in [6, 6.07) is 15.3. The summed E-state index contributed by atoms with van der Waals surface area (Å²) in [4.78, 5) is 2.05. The number of rotatable bonds is 3. The van der Waals surface area contributed by atoms with Crippen LogP contribution >= 0.6 is 12.2 Å². The number of nitrogens with zero attached hydrogens (tertiary/aromatic N) is 2.